The first-order valence-corrected chi connectivity index (χ1v) is 10.7. The second-order valence-corrected chi connectivity index (χ2v) is 7.67. The van der Waals surface area contributed by atoms with Gasteiger partial charge in [-0.25, -0.2) is 9.79 Å². The average Bonchev–Trinajstić information content (AvgIpc) is 3.18. The maximum atomic E-state index is 12.4. The van der Waals surface area contributed by atoms with Gasteiger partial charge in [-0.05, 0) is 61.5 Å². The minimum atomic E-state index is -0.521. The van der Waals surface area contributed by atoms with Crippen LogP contribution in [-0.2, 0) is 9.53 Å². The molecule has 3 aromatic carbocycles. The topological polar surface area (TPSA) is 66.3 Å². The molecule has 4 rings (SSSR count). The number of carbonyl (C=O) groups excluding carboxylic acids is 1. The molecule has 0 fully saturated rings. The molecule has 0 aromatic heterocycles. The molecule has 33 heavy (non-hydrogen) atoms. The highest BCUT2D eigenvalue weighted by molar-refractivity contribution is 6.30. The first-order chi connectivity index (χ1) is 16.0. The lowest BCUT2D eigenvalue weighted by Crippen LogP contribution is -2.10. The molecule has 7 heteroatoms. The molecule has 0 spiro atoms. The number of rotatable bonds is 8. The number of aryl methyl sites for hydroxylation is 1. The summed E-state index contributed by atoms with van der Waals surface area (Å²) in [4.78, 5) is 16.8. The largest absolute Gasteiger partial charge is 0.493 e. The summed E-state index contributed by atoms with van der Waals surface area (Å²) in [5, 5.41) is 0.593. The minimum Gasteiger partial charge on any atom is -0.493 e. The van der Waals surface area contributed by atoms with Crippen molar-refractivity contribution in [2.24, 2.45) is 4.99 Å². The molecule has 0 N–H and O–H groups in total. The smallest absolute Gasteiger partial charge is 0.363 e. The zero-order valence-electron chi connectivity index (χ0n) is 18.2. The average molecular weight is 464 g/mol. The molecule has 6 nitrogen and oxygen atoms in total. The van der Waals surface area contributed by atoms with Gasteiger partial charge >= 0.3 is 5.97 Å². The molecule has 0 saturated heterocycles. The highest BCUT2D eigenvalue weighted by atomic mass is 35.5. The van der Waals surface area contributed by atoms with Crippen molar-refractivity contribution in [1.29, 1.82) is 0 Å². The lowest BCUT2D eigenvalue weighted by Gasteiger charge is -2.13. The number of benzene rings is 3. The lowest BCUT2D eigenvalue weighted by molar-refractivity contribution is -0.129. The Kier molecular flexibility index (Phi) is 6.95. The van der Waals surface area contributed by atoms with Crippen molar-refractivity contribution in [3.05, 3.63) is 94.1 Å². The Bertz CT molecular complexity index is 1220. The molecular formula is C26H22ClNO5. The standard InChI is InChI=1S/C26H22ClNO5/c1-17-7-12-22(31-13-14-32-24-6-4-3-5-23(24)30-2)19(15-17)16-21-26(29)33-25(28-21)18-8-10-20(27)11-9-18/h3-12,15-16H,13-14H2,1-2H3. The second-order valence-electron chi connectivity index (χ2n) is 7.23. The number of para-hydroxylation sites is 2. The van der Waals surface area contributed by atoms with E-state index in [9.17, 15) is 4.79 Å². The molecular weight excluding hydrogens is 442 g/mol. The Morgan fingerprint density at radius 1 is 0.939 bits per heavy atom. The van der Waals surface area contributed by atoms with Crippen LogP contribution in [0.2, 0.25) is 5.02 Å². The number of carbonyl (C=O) groups is 1. The highest BCUT2D eigenvalue weighted by Gasteiger charge is 2.24. The fourth-order valence-corrected chi connectivity index (χ4v) is 3.35. The number of ether oxygens (including phenoxy) is 4. The molecule has 0 unspecified atom stereocenters. The number of nitrogens with zero attached hydrogens (tertiary/aromatic N) is 1. The van der Waals surface area contributed by atoms with Crippen LogP contribution in [-0.4, -0.2) is 32.2 Å². The summed E-state index contributed by atoms with van der Waals surface area (Å²) in [7, 11) is 1.60. The van der Waals surface area contributed by atoms with E-state index in [2.05, 4.69) is 4.99 Å². The summed E-state index contributed by atoms with van der Waals surface area (Å²) >= 11 is 5.93. The SMILES string of the molecule is COc1ccccc1OCCOc1ccc(C)cc1C=C1N=C(c2ccc(Cl)cc2)OC1=O. The number of aliphatic imine (C=N–C) groups is 1. The van der Waals surface area contributed by atoms with E-state index in [0.717, 1.165) is 11.1 Å². The van der Waals surface area contributed by atoms with E-state index >= 15 is 0 Å². The van der Waals surface area contributed by atoms with Crippen molar-refractivity contribution < 1.29 is 23.7 Å². The molecule has 1 aliphatic heterocycles. The van der Waals surface area contributed by atoms with Crippen LogP contribution in [0.15, 0.2) is 77.4 Å². The van der Waals surface area contributed by atoms with Gasteiger partial charge in [-0.2, -0.15) is 0 Å². The summed E-state index contributed by atoms with van der Waals surface area (Å²) in [6.45, 7) is 2.60. The third-order valence-electron chi connectivity index (χ3n) is 4.84. The number of hydrogen-bond acceptors (Lipinski definition) is 6. The van der Waals surface area contributed by atoms with Gasteiger partial charge in [0.25, 0.3) is 0 Å². The van der Waals surface area contributed by atoms with Gasteiger partial charge < -0.3 is 18.9 Å². The molecule has 0 radical (unpaired) electrons. The summed E-state index contributed by atoms with van der Waals surface area (Å²) in [5.74, 6) is 1.63. The molecule has 0 saturated carbocycles. The Labute approximate surface area is 197 Å². The molecule has 0 bridgehead atoms. The van der Waals surface area contributed by atoms with E-state index in [1.165, 1.54) is 0 Å². The Hall–Kier alpha value is -3.77. The second kappa shape index (κ2) is 10.2. The van der Waals surface area contributed by atoms with E-state index in [-0.39, 0.29) is 11.6 Å². The fraction of sp³-hybridized carbons (Fsp3) is 0.154. The third-order valence-corrected chi connectivity index (χ3v) is 5.09. The van der Waals surface area contributed by atoms with Crippen LogP contribution in [0.1, 0.15) is 16.7 Å². The van der Waals surface area contributed by atoms with E-state index in [0.29, 0.717) is 41.0 Å². The predicted molar refractivity (Wildman–Crippen MR) is 127 cm³/mol. The van der Waals surface area contributed by atoms with Gasteiger partial charge in [-0.1, -0.05) is 35.4 Å². The van der Waals surface area contributed by atoms with Crippen LogP contribution in [0, 0.1) is 6.92 Å². The van der Waals surface area contributed by atoms with Gasteiger partial charge in [0.2, 0.25) is 5.90 Å². The molecule has 0 aliphatic carbocycles. The first-order valence-electron chi connectivity index (χ1n) is 10.3. The van der Waals surface area contributed by atoms with Crippen LogP contribution in [0.5, 0.6) is 17.2 Å². The summed E-state index contributed by atoms with van der Waals surface area (Å²) in [5.41, 5.74) is 2.61. The Balaban J connectivity index is 1.48. The molecule has 3 aromatic rings. The molecule has 168 valence electrons. The first kappa shape index (κ1) is 22.4. The van der Waals surface area contributed by atoms with Crippen LogP contribution < -0.4 is 14.2 Å². The number of cyclic esters (lactones) is 1. The van der Waals surface area contributed by atoms with E-state index < -0.39 is 5.97 Å². The summed E-state index contributed by atoms with van der Waals surface area (Å²) in [6.07, 6.45) is 1.66. The summed E-state index contributed by atoms with van der Waals surface area (Å²) in [6, 6.07) is 20.1. The third kappa shape index (κ3) is 5.54. The lowest BCUT2D eigenvalue weighted by atomic mass is 10.1. The molecule has 0 amide bonds. The van der Waals surface area contributed by atoms with Crippen LogP contribution >= 0.6 is 11.6 Å². The number of methoxy groups -OCH3 is 1. The number of halogens is 1. The summed E-state index contributed by atoms with van der Waals surface area (Å²) < 4.78 is 22.3. The molecule has 1 aliphatic rings. The van der Waals surface area contributed by atoms with Crippen LogP contribution in [0.25, 0.3) is 6.08 Å². The number of esters is 1. The van der Waals surface area contributed by atoms with E-state index in [4.69, 9.17) is 30.5 Å². The van der Waals surface area contributed by atoms with Gasteiger partial charge in [0.1, 0.15) is 19.0 Å². The van der Waals surface area contributed by atoms with Gasteiger partial charge in [-0.15, -0.1) is 0 Å². The highest BCUT2D eigenvalue weighted by Crippen LogP contribution is 2.28. The van der Waals surface area contributed by atoms with Crippen molar-refractivity contribution in [2.45, 2.75) is 6.92 Å². The minimum absolute atomic E-state index is 0.195. The number of hydrogen-bond donors (Lipinski definition) is 0. The van der Waals surface area contributed by atoms with E-state index in [1.54, 1.807) is 37.5 Å². The zero-order chi connectivity index (χ0) is 23.2. The van der Waals surface area contributed by atoms with Crippen molar-refractivity contribution >= 4 is 29.5 Å². The van der Waals surface area contributed by atoms with Crippen LogP contribution in [0.4, 0.5) is 0 Å². The maximum Gasteiger partial charge on any atom is 0.363 e. The van der Waals surface area contributed by atoms with Gasteiger partial charge in [-0.3, -0.25) is 0 Å². The van der Waals surface area contributed by atoms with Crippen molar-refractivity contribution in [3.63, 3.8) is 0 Å². The van der Waals surface area contributed by atoms with E-state index in [1.807, 2.05) is 49.4 Å². The van der Waals surface area contributed by atoms with Gasteiger partial charge in [0.15, 0.2) is 17.2 Å². The predicted octanol–water partition coefficient (Wildman–Crippen LogP) is 5.46. The maximum absolute atomic E-state index is 12.4. The van der Waals surface area contributed by atoms with Crippen molar-refractivity contribution in [1.82, 2.24) is 0 Å². The van der Waals surface area contributed by atoms with Crippen molar-refractivity contribution in [2.75, 3.05) is 20.3 Å². The van der Waals surface area contributed by atoms with Crippen molar-refractivity contribution in [3.8, 4) is 17.2 Å². The Morgan fingerprint density at radius 2 is 1.64 bits per heavy atom. The molecule has 0 atom stereocenters. The van der Waals surface area contributed by atoms with Crippen LogP contribution in [0.3, 0.4) is 0 Å². The Morgan fingerprint density at radius 3 is 2.36 bits per heavy atom. The quantitative estimate of drug-likeness (QED) is 0.252. The molecule has 1 heterocycles. The zero-order valence-corrected chi connectivity index (χ0v) is 19.0. The normalized spacial score (nSPS) is 14.1. The monoisotopic (exact) mass is 463 g/mol. The van der Waals surface area contributed by atoms with Gasteiger partial charge in [0.05, 0.1) is 7.11 Å². The fourth-order valence-electron chi connectivity index (χ4n) is 3.23. The van der Waals surface area contributed by atoms with Gasteiger partial charge in [0, 0.05) is 16.1 Å².